The van der Waals surface area contributed by atoms with Gasteiger partial charge in [-0.15, -0.1) is 0 Å². The number of hydrogen-bond donors (Lipinski definition) is 1. The summed E-state index contributed by atoms with van der Waals surface area (Å²) in [7, 11) is 0. The molecule has 1 rings (SSSR count). The lowest BCUT2D eigenvalue weighted by Gasteiger charge is -1.97. The van der Waals surface area contributed by atoms with Crippen LogP contribution in [0.4, 0.5) is 0 Å². The summed E-state index contributed by atoms with van der Waals surface area (Å²) in [4.78, 5) is 30.2. The molecule has 5 heteroatoms. The number of allylic oxidation sites excluding steroid dienone is 6. The van der Waals surface area contributed by atoms with Crippen molar-refractivity contribution in [3.05, 3.63) is 48.6 Å². The Hall–Kier alpha value is -2.43. The molecule has 0 atom stereocenters. The van der Waals surface area contributed by atoms with Crippen LogP contribution in [0.5, 0.6) is 0 Å². The Morgan fingerprint density at radius 2 is 1.37 bits per heavy atom. The first kappa shape index (κ1) is 24.6. The van der Waals surface area contributed by atoms with E-state index in [0.29, 0.717) is 6.42 Å². The summed E-state index contributed by atoms with van der Waals surface area (Å²) in [5, 5.41) is 8.50. The van der Waals surface area contributed by atoms with E-state index in [1.807, 2.05) is 0 Å². The average Bonchev–Trinajstić information content (AvgIpc) is 3.01. The number of carbonyl (C=O) groups is 3. The summed E-state index contributed by atoms with van der Waals surface area (Å²) in [6.45, 7) is 2.21. The molecule has 1 heterocycles. The van der Waals surface area contributed by atoms with Crippen LogP contribution in [0.2, 0.25) is 0 Å². The molecule has 0 aromatic heterocycles. The largest absolute Gasteiger partial charge is 0.481 e. The molecule has 0 fully saturated rings. The van der Waals surface area contributed by atoms with Crippen molar-refractivity contribution in [1.82, 2.24) is 0 Å². The molecule has 0 amide bonds. The van der Waals surface area contributed by atoms with E-state index >= 15 is 0 Å². The van der Waals surface area contributed by atoms with Crippen molar-refractivity contribution in [3.63, 3.8) is 0 Å². The van der Waals surface area contributed by atoms with Crippen molar-refractivity contribution in [2.45, 2.75) is 71.1 Å². The van der Waals surface area contributed by atoms with Crippen molar-refractivity contribution < 1.29 is 24.2 Å². The molecule has 1 aliphatic heterocycles. The second-order valence-corrected chi connectivity index (χ2v) is 6.16. The highest BCUT2D eigenvalue weighted by atomic mass is 16.6. The van der Waals surface area contributed by atoms with E-state index in [4.69, 9.17) is 5.11 Å². The molecule has 0 unspecified atom stereocenters. The molecular formula is C22H32O5. The van der Waals surface area contributed by atoms with E-state index in [0.717, 1.165) is 37.8 Å². The van der Waals surface area contributed by atoms with E-state index in [9.17, 15) is 14.4 Å². The molecule has 0 aromatic rings. The summed E-state index contributed by atoms with van der Waals surface area (Å²) in [6.07, 6.45) is 25.5. The highest BCUT2D eigenvalue weighted by Gasteiger charge is 2.10. The highest BCUT2D eigenvalue weighted by Crippen LogP contribution is 2.07. The standard InChI is InChI=1S/C18H30O2.C4H2O3/c1-2-3-4-5-6-7-8-9-10-11-12-13-14-15-16-17-18(19)20;5-3-1-2-4(6)7-3/h5-10H,2-4,11-17H2,1H3,(H,19,20);1-2H/b6-5+,8-7+,10-9?;. The van der Waals surface area contributed by atoms with Gasteiger partial charge in [-0.25, -0.2) is 9.59 Å². The fourth-order valence-electron chi connectivity index (χ4n) is 2.17. The lowest BCUT2D eigenvalue weighted by molar-refractivity contribution is -0.150. The van der Waals surface area contributed by atoms with Crippen LogP contribution in [0, 0.1) is 0 Å². The third-order valence-corrected chi connectivity index (χ3v) is 3.65. The lowest BCUT2D eigenvalue weighted by atomic mass is 10.1. The second kappa shape index (κ2) is 18.4. The van der Waals surface area contributed by atoms with Gasteiger partial charge >= 0.3 is 17.9 Å². The van der Waals surface area contributed by atoms with E-state index in [1.165, 1.54) is 32.1 Å². The zero-order valence-electron chi connectivity index (χ0n) is 16.3. The van der Waals surface area contributed by atoms with Crippen LogP contribution in [-0.2, 0) is 19.1 Å². The Morgan fingerprint density at radius 1 is 0.852 bits per heavy atom. The number of esters is 2. The van der Waals surface area contributed by atoms with Gasteiger partial charge < -0.3 is 9.84 Å². The molecule has 150 valence electrons. The first-order chi connectivity index (χ1) is 13.1. The van der Waals surface area contributed by atoms with Crippen molar-refractivity contribution >= 4 is 17.9 Å². The normalized spacial score (nSPS) is 13.5. The first-order valence-corrected chi connectivity index (χ1v) is 9.70. The minimum atomic E-state index is -0.677. The van der Waals surface area contributed by atoms with Crippen molar-refractivity contribution in [2.24, 2.45) is 0 Å². The molecule has 0 aromatic carbocycles. The molecule has 0 saturated heterocycles. The number of carboxylic acid groups (broad SMARTS) is 1. The van der Waals surface area contributed by atoms with Crippen LogP contribution in [0.3, 0.4) is 0 Å². The molecule has 0 radical (unpaired) electrons. The highest BCUT2D eigenvalue weighted by molar-refractivity contribution is 6.04. The predicted octanol–water partition coefficient (Wildman–Crippen LogP) is 5.29. The average molecular weight is 376 g/mol. The van der Waals surface area contributed by atoms with Gasteiger partial charge in [-0.3, -0.25) is 4.79 Å². The Bertz CT molecular complexity index is 525. The van der Waals surface area contributed by atoms with E-state index < -0.39 is 17.9 Å². The quantitative estimate of drug-likeness (QED) is 0.204. The van der Waals surface area contributed by atoms with Gasteiger partial charge in [0.15, 0.2) is 0 Å². The van der Waals surface area contributed by atoms with Gasteiger partial charge in [-0.1, -0.05) is 75.5 Å². The zero-order valence-corrected chi connectivity index (χ0v) is 16.3. The fourth-order valence-corrected chi connectivity index (χ4v) is 2.17. The number of carboxylic acids is 1. The van der Waals surface area contributed by atoms with Crippen LogP contribution in [0.1, 0.15) is 71.1 Å². The SMILES string of the molecule is CCCC/C=C/C=C/C=CCCCCCCCC(=O)O.O=C1C=CC(=O)O1. The Balaban J connectivity index is 0.000000797. The van der Waals surface area contributed by atoms with E-state index in [2.05, 4.69) is 48.1 Å². The van der Waals surface area contributed by atoms with E-state index in [1.54, 1.807) is 0 Å². The van der Waals surface area contributed by atoms with Gasteiger partial charge in [0.1, 0.15) is 0 Å². The monoisotopic (exact) mass is 376 g/mol. The summed E-state index contributed by atoms with van der Waals surface area (Å²) in [6, 6.07) is 0. The number of hydrogen-bond acceptors (Lipinski definition) is 4. The molecule has 0 bridgehead atoms. The third-order valence-electron chi connectivity index (χ3n) is 3.65. The van der Waals surface area contributed by atoms with Crippen LogP contribution < -0.4 is 0 Å². The number of rotatable bonds is 13. The van der Waals surface area contributed by atoms with Crippen LogP contribution >= 0.6 is 0 Å². The van der Waals surface area contributed by atoms with Gasteiger partial charge in [-0.05, 0) is 25.7 Å². The van der Waals surface area contributed by atoms with Gasteiger partial charge in [0.05, 0.1) is 0 Å². The molecule has 1 aliphatic rings. The van der Waals surface area contributed by atoms with Gasteiger partial charge in [0.25, 0.3) is 0 Å². The number of cyclic esters (lactones) is 2. The number of unbranched alkanes of at least 4 members (excludes halogenated alkanes) is 7. The van der Waals surface area contributed by atoms with Crippen molar-refractivity contribution in [2.75, 3.05) is 0 Å². The Labute approximate surface area is 162 Å². The van der Waals surface area contributed by atoms with Gasteiger partial charge in [0, 0.05) is 18.6 Å². The summed E-state index contributed by atoms with van der Waals surface area (Å²) in [5.74, 6) is -1.83. The maximum Gasteiger partial charge on any atom is 0.338 e. The summed E-state index contributed by atoms with van der Waals surface area (Å²) >= 11 is 0. The molecule has 1 N–H and O–H groups in total. The molecule has 0 spiro atoms. The molecule has 0 saturated carbocycles. The smallest absolute Gasteiger partial charge is 0.338 e. The van der Waals surface area contributed by atoms with Crippen molar-refractivity contribution in [3.8, 4) is 0 Å². The van der Waals surface area contributed by atoms with Gasteiger partial charge in [0.2, 0.25) is 0 Å². The third kappa shape index (κ3) is 19.7. The van der Waals surface area contributed by atoms with E-state index in [-0.39, 0.29) is 0 Å². The minimum absolute atomic E-state index is 0.316. The minimum Gasteiger partial charge on any atom is -0.481 e. The molecule has 27 heavy (non-hydrogen) atoms. The molecule has 0 aliphatic carbocycles. The van der Waals surface area contributed by atoms with Gasteiger partial charge in [-0.2, -0.15) is 0 Å². The number of carbonyl (C=O) groups excluding carboxylic acids is 2. The topological polar surface area (TPSA) is 80.7 Å². The zero-order chi connectivity index (χ0) is 20.2. The second-order valence-electron chi connectivity index (χ2n) is 6.16. The van der Waals surface area contributed by atoms with Crippen LogP contribution in [0.25, 0.3) is 0 Å². The lowest BCUT2D eigenvalue weighted by Crippen LogP contribution is -1.96. The molecule has 5 nitrogen and oxygen atoms in total. The summed E-state index contributed by atoms with van der Waals surface area (Å²) < 4.78 is 3.97. The van der Waals surface area contributed by atoms with Crippen LogP contribution in [0.15, 0.2) is 48.6 Å². The van der Waals surface area contributed by atoms with Crippen molar-refractivity contribution in [1.29, 1.82) is 0 Å². The maximum absolute atomic E-state index is 10.3. The Morgan fingerprint density at radius 3 is 1.85 bits per heavy atom. The maximum atomic E-state index is 10.3. The fraction of sp³-hybridized carbons (Fsp3) is 0.500. The summed E-state index contributed by atoms with van der Waals surface area (Å²) in [5.41, 5.74) is 0. The number of aliphatic carboxylic acids is 1. The predicted molar refractivity (Wildman–Crippen MR) is 107 cm³/mol. The first-order valence-electron chi connectivity index (χ1n) is 9.70. The van der Waals surface area contributed by atoms with Crippen LogP contribution in [-0.4, -0.2) is 23.0 Å². The molecular weight excluding hydrogens is 344 g/mol. The number of ether oxygens (including phenoxy) is 1. The Kier molecular flexibility index (Phi) is 16.7.